The van der Waals surface area contributed by atoms with E-state index in [1.807, 2.05) is 0 Å². The van der Waals surface area contributed by atoms with Crippen molar-refractivity contribution >= 4 is 30.2 Å². The highest BCUT2D eigenvalue weighted by Gasteiger charge is 2.52. The molecule has 0 aromatic heterocycles. The molecule has 0 amide bonds. The number of ether oxygens (including phenoxy) is 1. The van der Waals surface area contributed by atoms with Crippen molar-refractivity contribution < 1.29 is 14.0 Å². The van der Waals surface area contributed by atoms with Crippen LogP contribution in [0.1, 0.15) is 33.6 Å². The molecule has 0 N–H and O–H groups in total. The van der Waals surface area contributed by atoms with E-state index in [1.54, 1.807) is 0 Å². The molecule has 104 valence electrons. The van der Waals surface area contributed by atoms with Crippen molar-refractivity contribution in [1.82, 2.24) is 0 Å². The minimum Gasteiger partial charge on any atom is -0.461 e. The van der Waals surface area contributed by atoms with E-state index < -0.39 is 8.32 Å². The van der Waals surface area contributed by atoms with Crippen LogP contribution in [0.25, 0.3) is 0 Å². The summed E-state index contributed by atoms with van der Waals surface area (Å²) in [6.07, 6.45) is 1.67. The largest absolute Gasteiger partial charge is 0.461 e. The summed E-state index contributed by atoms with van der Waals surface area (Å²) in [5, 5.41) is 0.205. The molecule has 0 bridgehead atoms. The zero-order valence-corrected chi connectivity index (χ0v) is 14.4. The molecule has 3 nitrogen and oxygen atoms in total. The average Bonchev–Trinajstić information content (AvgIpc) is 2.66. The van der Waals surface area contributed by atoms with Gasteiger partial charge in [0.1, 0.15) is 6.10 Å². The molecular formula is C13H23BrO3Si. The Balaban J connectivity index is 2.09. The number of esters is 1. The van der Waals surface area contributed by atoms with Gasteiger partial charge in [-0.3, -0.25) is 4.79 Å². The third-order valence-electron chi connectivity index (χ3n) is 4.64. The molecular weight excluding hydrogens is 312 g/mol. The van der Waals surface area contributed by atoms with Crippen molar-refractivity contribution in [1.29, 1.82) is 0 Å². The summed E-state index contributed by atoms with van der Waals surface area (Å²) in [5.74, 6) is 0.175. The molecule has 1 aliphatic carbocycles. The molecule has 1 heterocycles. The molecule has 5 heteroatoms. The molecule has 0 aromatic rings. The Hall–Kier alpha value is 0.127. The highest BCUT2D eigenvalue weighted by molar-refractivity contribution is 9.09. The molecule has 2 rings (SSSR count). The van der Waals surface area contributed by atoms with Gasteiger partial charge in [0.15, 0.2) is 8.32 Å². The molecule has 1 saturated carbocycles. The second-order valence-electron chi connectivity index (χ2n) is 6.99. The van der Waals surface area contributed by atoms with Gasteiger partial charge in [0.25, 0.3) is 0 Å². The van der Waals surface area contributed by atoms with Gasteiger partial charge in [-0.05, 0) is 24.6 Å². The maximum absolute atomic E-state index is 11.4. The summed E-state index contributed by atoms with van der Waals surface area (Å²) < 4.78 is 11.9. The van der Waals surface area contributed by atoms with Gasteiger partial charge in [-0.25, -0.2) is 0 Å². The number of alkyl halides is 1. The summed E-state index contributed by atoms with van der Waals surface area (Å²) in [4.78, 5) is 11.7. The second kappa shape index (κ2) is 4.60. The molecule has 0 aromatic carbocycles. The normalized spacial score (nSPS) is 36.7. The Labute approximate surface area is 119 Å². The first-order chi connectivity index (χ1) is 8.12. The predicted octanol–water partition coefficient (Wildman–Crippen LogP) is 3.48. The predicted molar refractivity (Wildman–Crippen MR) is 77.4 cm³/mol. The highest BCUT2D eigenvalue weighted by atomic mass is 79.9. The van der Waals surface area contributed by atoms with Crippen molar-refractivity contribution in [2.24, 2.45) is 5.92 Å². The first-order valence-electron chi connectivity index (χ1n) is 6.63. The Morgan fingerprint density at radius 2 is 2.00 bits per heavy atom. The van der Waals surface area contributed by atoms with Crippen LogP contribution in [0.3, 0.4) is 0 Å². The molecule has 18 heavy (non-hydrogen) atoms. The summed E-state index contributed by atoms with van der Waals surface area (Å²) in [6, 6.07) is 0. The summed E-state index contributed by atoms with van der Waals surface area (Å²) in [7, 11) is -1.77. The number of hydrogen-bond acceptors (Lipinski definition) is 3. The van der Waals surface area contributed by atoms with Crippen LogP contribution in [0.5, 0.6) is 0 Å². The van der Waals surface area contributed by atoms with Crippen LogP contribution >= 0.6 is 15.9 Å². The zero-order valence-electron chi connectivity index (χ0n) is 11.8. The van der Waals surface area contributed by atoms with E-state index in [4.69, 9.17) is 9.16 Å². The van der Waals surface area contributed by atoms with Crippen LogP contribution in [0, 0.1) is 5.92 Å². The molecule has 1 saturated heterocycles. The molecule has 4 atom stereocenters. The molecule has 0 spiro atoms. The zero-order chi connectivity index (χ0) is 13.7. The number of carbonyl (C=O) groups excluding carboxylic acids is 1. The van der Waals surface area contributed by atoms with Gasteiger partial charge < -0.3 is 9.16 Å². The first kappa shape index (κ1) is 14.5. The van der Waals surface area contributed by atoms with E-state index in [9.17, 15) is 4.79 Å². The van der Waals surface area contributed by atoms with Crippen molar-refractivity contribution in [2.45, 2.75) is 68.8 Å². The maximum Gasteiger partial charge on any atom is 0.306 e. The van der Waals surface area contributed by atoms with Gasteiger partial charge in [0.2, 0.25) is 0 Å². The molecule has 2 aliphatic rings. The van der Waals surface area contributed by atoms with Crippen molar-refractivity contribution in [3.05, 3.63) is 0 Å². The minimum absolute atomic E-state index is 0.0206. The van der Waals surface area contributed by atoms with E-state index in [0.29, 0.717) is 6.42 Å². The molecule has 2 fully saturated rings. The molecule has 0 unspecified atom stereocenters. The lowest BCUT2D eigenvalue weighted by molar-refractivity contribution is -0.141. The van der Waals surface area contributed by atoms with E-state index in [1.165, 1.54) is 0 Å². The monoisotopic (exact) mass is 334 g/mol. The fraction of sp³-hybridized carbons (Fsp3) is 0.923. The van der Waals surface area contributed by atoms with E-state index in [2.05, 4.69) is 49.8 Å². The fourth-order valence-corrected chi connectivity index (χ4v) is 4.75. The van der Waals surface area contributed by atoms with Crippen LogP contribution in [0.2, 0.25) is 18.1 Å². The number of rotatable bonds is 2. The van der Waals surface area contributed by atoms with Crippen molar-refractivity contribution in [2.75, 3.05) is 0 Å². The second-order valence-corrected chi connectivity index (χ2v) is 12.9. The number of halogens is 1. The van der Waals surface area contributed by atoms with Gasteiger partial charge in [-0.2, -0.15) is 0 Å². The quantitative estimate of drug-likeness (QED) is 0.440. The topological polar surface area (TPSA) is 35.5 Å². The first-order valence-corrected chi connectivity index (χ1v) is 10.5. The Kier molecular flexibility index (Phi) is 3.71. The summed E-state index contributed by atoms with van der Waals surface area (Å²) >= 11 is 3.63. The number of carbonyl (C=O) groups is 1. The lowest BCUT2D eigenvalue weighted by Crippen LogP contribution is -2.45. The van der Waals surface area contributed by atoms with E-state index in [-0.39, 0.29) is 34.0 Å². The Morgan fingerprint density at radius 1 is 1.39 bits per heavy atom. The smallest absolute Gasteiger partial charge is 0.306 e. The van der Waals surface area contributed by atoms with Crippen LogP contribution in [-0.2, 0) is 14.0 Å². The lowest BCUT2D eigenvalue weighted by atomic mass is 10.0. The average molecular weight is 335 g/mol. The fourth-order valence-electron chi connectivity index (χ4n) is 2.50. The van der Waals surface area contributed by atoms with Crippen molar-refractivity contribution in [3.8, 4) is 0 Å². The van der Waals surface area contributed by atoms with Crippen LogP contribution in [0.15, 0.2) is 0 Å². The van der Waals surface area contributed by atoms with E-state index in [0.717, 1.165) is 6.42 Å². The summed E-state index contributed by atoms with van der Waals surface area (Å²) in [5.41, 5.74) is 0. The molecule has 0 radical (unpaired) electrons. The van der Waals surface area contributed by atoms with Gasteiger partial charge >= 0.3 is 5.97 Å². The number of fused-ring (bicyclic) bond motifs is 1. The van der Waals surface area contributed by atoms with Crippen LogP contribution in [0.4, 0.5) is 0 Å². The Morgan fingerprint density at radius 3 is 2.56 bits per heavy atom. The SMILES string of the molecule is CC(C)(C)[Si](C)(C)O[C@@H]1C[C@@H](Br)[C@@H]2OC(=O)C[C@@H]21. The minimum atomic E-state index is -1.77. The third-order valence-corrected chi connectivity index (χ3v) is 10.0. The van der Waals surface area contributed by atoms with Crippen LogP contribution in [-0.4, -0.2) is 31.3 Å². The standard InChI is InChI=1S/C13H23BrO3Si/c1-13(2,3)18(4,5)17-10-7-9(14)12-8(10)6-11(15)16-12/h8-10,12H,6-7H2,1-5H3/t8-,9-,10-,12-/m1/s1. The lowest BCUT2D eigenvalue weighted by Gasteiger charge is -2.39. The number of hydrogen-bond donors (Lipinski definition) is 0. The summed E-state index contributed by atoms with van der Waals surface area (Å²) in [6.45, 7) is 11.3. The van der Waals surface area contributed by atoms with Gasteiger partial charge in [-0.15, -0.1) is 0 Å². The van der Waals surface area contributed by atoms with Crippen molar-refractivity contribution in [3.63, 3.8) is 0 Å². The third kappa shape index (κ3) is 2.54. The highest BCUT2D eigenvalue weighted by Crippen LogP contribution is 2.46. The van der Waals surface area contributed by atoms with E-state index >= 15 is 0 Å². The van der Waals surface area contributed by atoms with Gasteiger partial charge in [0, 0.05) is 5.92 Å². The van der Waals surface area contributed by atoms with Gasteiger partial charge in [-0.1, -0.05) is 36.7 Å². The van der Waals surface area contributed by atoms with Crippen LogP contribution < -0.4 is 0 Å². The van der Waals surface area contributed by atoms with Gasteiger partial charge in [0.05, 0.1) is 17.4 Å². The molecule has 1 aliphatic heterocycles. The Bertz CT molecular complexity index is 351. The maximum atomic E-state index is 11.4.